The second-order valence-corrected chi connectivity index (χ2v) is 5.41. The van der Waals surface area contributed by atoms with Gasteiger partial charge in [0.15, 0.2) is 0 Å². The van der Waals surface area contributed by atoms with Crippen molar-refractivity contribution in [3.05, 3.63) is 35.9 Å². The van der Waals surface area contributed by atoms with Gasteiger partial charge in [0, 0.05) is 19.5 Å². The maximum absolute atomic E-state index is 11.8. The van der Waals surface area contributed by atoms with Crippen LogP contribution in [0.5, 0.6) is 0 Å². The lowest BCUT2D eigenvalue weighted by molar-refractivity contribution is -0.127. The molecule has 0 aliphatic heterocycles. The number of rotatable bonds is 6. The minimum Gasteiger partial charge on any atom is -0.392 e. The molecule has 0 heterocycles. The molecule has 0 aromatic heterocycles. The van der Waals surface area contributed by atoms with E-state index in [0.29, 0.717) is 19.5 Å². The molecule has 1 aromatic rings. The van der Waals surface area contributed by atoms with Gasteiger partial charge in [-0.3, -0.25) is 9.59 Å². The van der Waals surface area contributed by atoms with Crippen LogP contribution in [-0.4, -0.2) is 29.6 Å². The summed E-state index contributed by atoms with van der Waals surface area (Å²) in [7, 11) is 0. The van der Waals surface area contributed by atoms with E-state index in [-0.39, 0.29) is 24.2 Å². The Morgan fingerprint density at radius 3 is 2.57 bits per heavy atom. The average molecular weight is 290 g/mol. The van der Waals surface area contributed by atoms with Gasteiger partial charge in [-0.15, -0.1) is 0 Å². The zero-order chi connectivity index (χ0) is 15.1. The number of nitrogens with one attached hydrogen (secondary N) is 2. The van der Waals surface area contributed by atoms with E-state index in [1.54, 1.807) is 0 Å². The first-order valence-electron chi connectivity index (χ1n) is 7.43. The second kappa shape index (κ2) is 7.78. The number of amides is 2. The fraction of sp³-hybridized carbons (Fsp3) is 0.500. The monoisotopic (exact) mass is 290 g/mol. The Kier molecular flexibility index (Phi) is 5.75. The van der Waals surface area contributed by atoms with Gasteiger partial charge in [-0.05, 0) is 24.8 Å². The quantitative estimate of drug-likeness (QED) is 0.730. The van der Waals surface area contributed by atoms with E-state index < -0.39 is 6.10 Å². The highest BCUT2D eigenvalue weighted by Crippen LogP contribution is 2.25. The first-order valence-corrected chi connectivity index (χ1v) is 7.43. The Morgan fingerprint density at radius 1 is 1.14 bits per heavy atom. The van der Waals surface area contributed by atoms with Crippen LogP contribution in [0.4, 0.5) is 0 Å². The van der Waals surface area contributed by atoms with Gasteiger partial charge >= 0.3 is 0 Å². The molecule has 2 atom stereocenters. The highest BCUT2D eigenvalue weighted by Gasteiger charge is 2.31. The van der Waals surface area contributed by atoms with Gasteiger partial charge in [-0.1, -0.05) is 30.3 Å². The van der Waals surface area contributed by atoms with Gasteiger partial charge in [0.05, 0.1) is 12.0 Å². The van der Waals surface area contributed by atoms with Crippen molar-refractivity contribution in [3.8, 4) is 0 Å². The van der Waals surface area contributed by atoms with E-state index in [4.69, 9.17) is 0 Å². The molecule has 1 saturated carbocycles. The minimum atomic E-state index is -0.531. The van der Waals surface area contributed by atoms with Crippen LogP contribution in [-0.2, 0) is 16.1 Å². The third kappa shape index (κ3) is 4.86. The number of hydrogen-bond acceptors (Lipinski definition) is 3. The summed E-state index contributed by atoms with van der Waals surface area (Å²) in [6.07, 6.45) is 2.03. The van der Waals surface area contributed by atoms with Crippen molar-refractivity contribution in [3.63, 3.8) is 0 Å². The summed E-state index contributed by atoms with van der Waals surface area (Å²) < 4.78 is 0. The Bertz CT molecular complexity index is 476. The van der Waals surface area contributed by atoms with Crippen LogP contribution in [0, 0.1) is 5.92 Å². The molecule has 1 aliphatic carbocycles. The molecule has 2 unspecified atom stereocenters. The molecule has 0 bridgehead atoms. The minimum absolute atomic E-state index is 0.0916. The maximum Gasteiger partial charge on any atom is 0.225 e. The SMILES string of the molecule is O=C(CCNC(=O)C1CCCC1O)NCc1ccccc1. The number of benzene rings is 1. The van der Waals surface area contributed by atoms with Crippen LogP contribution in [0.15, 0.2) is 30.3 Å². The number of aliphatic hydroxyl groups excluding tert-OH is 1. The molecule has 114 valence electrons. The molecule has 5 heteroatoms. The molecule has 0 radical (unpaired) electrons. The Labute approximate surface area is 124 Å². The van der Waals surface area contributed by atoms with Crippen LogP contribution >= 0.6 is 0 Å². The number of hydrogen-bond donors (Lipinski definition) is 3. The van der Waals surface area contributed by atoms with Gasteiger partial charge in [0.25, 0.3) is 0 Å². The van der Waals surface area contributed by atoms with E-state index in [2.05, 4.69) is 10.6 Å². The molecule has 21 heavy (non-hydrogen) atoms. The molecular formula is C16H22N2O3. The zero-order valence-electron chi connectivity index (χ0n) is 12.0. The first-order chi connectivity index (χ1) is 10.2. The summed E-state index contributed by atoms with van der Waals surface area (Å²) in [6.45, 7) is 0.803. The number of carbonyl (C=O) groups excluding carboxylic acids is 2. The van der Waals surface area contributed by atoms with E-state index >= 15 is 0 Å². The molecule has 0 saturated heterocycles. The Morgan fingerprint density at radius 2 is 1.90 bits per heavy atom. The van der Waals surface area contributed by atoms with Crippen LogP contribution < -0.4 is 10.6 Å². The van der Waals surface area contributed by atoms with Crippen LogP contribution in [0.2, 0.25) is 0 Å². The number of aliphatic hydroxyl groups is 1. The predicted molar refractivity (Wildman–Crippen MR) is 79.3 cm³/mol. The number of carbonyl (C=O) groups is 2. The standard InChI is InChI=1S/C16H22N2O3/c19-14-8-4-7-13(14)16(21)17-10-9-15(20)18-11-12-5-2-1-3-6-12/h1-3,5-6,13-14,19H,4,7-11H2,(H,17,21)(H,18,20). The van der Waals surface area contributed by atoms with Gasteiger partial charge in [-0.2, -0.15) is 0 Å². The van der Waals surface area contributed by atoms with Gasteiger partial charge in [0.1, 0.15) is 0 Å². The summed E-state index contributed by atoms with van der Waals surface area (Å²) in [4.78, 5) is 23.5. The first kappa shape index (κ1) is 15.5. The summed E-state index contributed by atoms with van der Waals surface area (Å²) in [5, 5.41) is 15.2. The van der Waals surface area contributed by atoms with Gasteiger partial charge in [0.2, 0.25) is 11.8 Å². The topological polar surface area (TPSA) is 78.4 Å². The van der Waals surface area contributed by atoms with E-state index in [0.717, 1.165) is 18.4 Å². The van der Waals surface area contributed by atoms with Crippen molar-refractivity contribution in [2.75, 3.05) is 6.54 Å². The Hall–Kier alpha value is -1.88. The lowest BCUT2D eigenvalue weighted by Gasteiger charge is -2.14. The Balaban J connectivity index is 1.62. The highest BCUT2D eigenvalue weighted by atomic mass is 16.3. The molecule has 1 aliphatic rings. The normalized spacial score (nSPS) is 21.0. The second-order valence-electron chi connectivity index (χ2n) is 5.41. The molecule has 3 N–H and O–H groups in total. The molecule has 2 rings (SSSR count). The zero-order valence-corrected chi connectivity index (χ0v) is 12.0. The third-order valence-electron chi connectivity index (χ3n) is 3.80. The third-order valence-corrected chi connectivity index (χ3v) is 3.80. The lowest BCUT2D eigenvalue weighted by atomic mass is 10.1. The molecule has 0 spiro atoms. The van der Waals surface area contributed by atoms with Crippen LogP contribution in [0.25, 0.3) is 0 Å². The van der Waals surface area contributed by atoms with Gasteiger partial charge < -0.3 is 15.7 Å². The van der Waals surface area contributed by atoms with E-state index in [9.17, 15) is 14.7 Å². The summed E-state index contributed by atoms with van der Waals surface area (Å²) >= 11 is 0. The summed E-state index contributed by atoms with van der Waals surface area (Å²) in [6, 6.07) is 9.68. The van der Waals surface area contributed by atoms with Crippen molar-refractivity contribution in [1.82, 2.24) is 10.6 Å². The summed E-state index contributed by atoms with van der Waals surface area (Å²) in [5.41, 5.74) is 1.05. The largest absolute Gasteiger partial charge is 0.392 e. The van der Waals surface area contributed by atoms with Crippen molar-refractivity contribution < 1.29 is 14.7 Å². The van der Waals surface area contributed by atoms with Crippen molar-refractivity contribution in [2.24, 2.45) is 5.92 Å². The maximum atomic E-state index is 11.8. The predicted octanol–water partition coefficient (Wildman–Crippen LogP) is 0.970. The highest BCUT2D eigenvalue weighted by molar-refractivity contribution is 5.81. The smallest absolute Gasteiger partial charge is 0.225 e. The summed E-state index contributed by atoms with van der Waals surface area (Å²) in [5.74, 6) is -0.542. The van der Waals surface area contributed by atoms with Crippen LogP contribution in [0.3, 0.4) is 0 Å². The van der Waals surface area contributed by atoms with Crippen LogP contribution in [0.1, 0.15) is 31.2 Å². The van der Waals surface area contributed by atoms with Crippen molar-refractivity contribution in [2.45, 2.75) is 38.3 Å². The van der Waals surface area contributed by atoms with Crippen molar-refractivity contribution in [1.29, 1.82) is 0 Å². The van der Waals surface area contributed by atoms with E-state index in [1.807, 2.05) is 30.3 Å². The molecular weight excluding hydrogens is 268 g/mol. The molecule has 5 nitrogen and oxygen atoms in total. The molecule has 1 aromatic carbocycles. The average Bonchev–Trinajstić information content (AvgIpc) is 2.92. The van der Waals surface area contributed by atoms with Crippen molar-refractivity contribution >= 4 is 11.8 Å². The lowest BCUT2D eigenvalue weighted by Crippen LogP contribution is -2.37. The van der Waals surface area contributed by atoms with E-state index in [1.165, 1.54) is 0 Å². The molecule has 1 fully saturated rings. The fourth-order valence-electron chi connectivity index (χ4n) is 2.56. The molecule has 2 amide bonds. The van der Waals surface area contributed by atoms with Gasteiger partial charge in [-0.25, -0.2) is 0 Å². The fourth-order valence-corrected chi connectivity index (χ4v) is 2.56.